The lowest BCUT2D eigenvalue weighted by molar-refractivity contribution is 0.270. The van der Waals surface area contributed by atoms with E-state index in [0.717, 1.165) is 19.3 Å². The molecule has 0 bridgehead atoms. The Bertz CT molecular complexity index is 500. The van der Waals surface area contributed by atoms with Gasteiger partial charge in [-0.15, -0.1) is 0 Å². The summed E-state index contributed by atoms with van der Waals surface area (Å²) in [4.78, 5) is 3.94. The maximum absolute atomic E-state index is 12.2. The van der Waals surface area contributed by atoms with Gasteiger partial charge in [0.25, 0.3) is 0 Å². The Labute approximate surface area is 107 Å². The average molecular weight is 270 g/mol. The smallest absolute Gasteiger partial charge is 0.303 e. The van der Waals surface area contributed by atoms with Gasteiger partial charge in [-0.1, -0.05) is 6.42 Å². The van der Waals surface area contributed by atoms with Crippen LogP contribution in [-0.4, -0.2) is 30.3 Å². The molecule has 1 atom stereocenters. The fraction of sp³-hybridized carbons (Fsp3) is 0.545. The minimum absolute atomic E-state index is 0.0324. The quantitative estimate of drug-likeness (QED) is 0.863. The second-order valence-corrected chi connectivity index (χ2v) is 6.16. The molecular weight excluding hydrogens is 252 g/mol. The van der Waals surface area contributed by atoms with Crippen molar-refractivity contribution in [1.29, 1.82) is 0 Å². The summed E-state index contributed by atoms with van der Waals surface area (Å²) in [6, 6.07) is 3.21. The highest BCUT2D eigenvalue weighted by Gasteiger charge is 2.29. The van der Waals surface area contributed by atoms with Crippen molar-refractivity contribution in [2.24, 2.45) is 0 Å². The van der Waals surface area contributed by atoms with E-state index in [4.69, 9.17) is 5.73 Å². The van der Waals surface area contributed by atoms with E-state index in [9.17, 15) is 8.42 Å². The van der Waals surface area contributed by atoms with Crippen molar-refractivity contribution in [3.63, 3.8) is 0 Å². The first-order chi connectivity index (χ1) is 8.49. The van der Waals surface area contributed by atoms with Crippen molar-refractivity contribution in [2.45, 2.75) is 32.2 Å². The standard InChI is InChI=1S/C11H18N4O2S/c1-9-4-2-3-7-15(9)18(16,17)14-11-6-5-10(12)8-13-11/h5-6,8-9H,2-4,7,12H2,1H3,(H,13,14). The molecule has 6 nitrogen and oxygen atoms in total. The Morgan fingerprint density at radius 3 is 2.83 bits per heavy atom. The molecule has 3 N–H and O–H groups in total. The molecule has 100 valence electrons. The Kier molecular flexibility index (Phi) is 3.72. The van der Waals surface area contributed by atoms with E-state index in [1.165, 1.54) is 10.5 Å². The third-order valence-electron chi connectivity index (χ3n) is 3.07. The Morgan fingerprint density at radius 1 is 1.44 bits per heavy atom. The number of hydrogen-bond acceptors (Lipinski definition) is 4. The van der Waals surface area contributed by atoms with E-state index in [1.54, 1.807) is 12.1 Å². The summed E-state index contributed by atoms with van der Waals surface area (Å²) >= 11 is 0. The van der Waals surface area contributed by atoms with Crippen LogP contribution in [0.3, 0.4) is 0 Å². The molecule has 0 spiro atoms. The van der Waals surface area contributed by atoms with Gasteiger partial charge < -0.3 is 5.73 Å². The van der Waals surface area contributed by atoms with E-state index in [-0.39, 0.29) is 6.04 Å². The minimum Gasteiger partial charge on any atom is -0.397 e. The SMILES string of the molecule is CC1CCCCN1S(=O)(=O)Nc1ccc(N)cn1. The monoisotopic (exact) mass is 270 g/mol. The molecule has 0 aliphatic carbocycles. The summed E-state index contributed by atoms with van der Waals surface area (Å²) in [7, 11) is -3.52. The van der Waals surface area contributed by atoms with Crippen LogP contribution in [-0.2, 0) is 10.2 Å². The van der Waals surface area contributed by atoms with E-state index in [2.05, 4.69) is 9.71 Å². The molecule has 0 aromatic carbocycles. The molecule has 0 radical (unpaired) electrons. The number of nitrogens with two attached hydrogens (primary N) is 1. The van der Waals surface area contributed by atoms with Gasteiger partial charge in [0.2, 0.25) is 0 Å². The number of aromatic nitrogens is 1. The summed E-state index contributed by atoms with van der Waals surface area (Å²) in [5, 5.41) is 0. The van der Waals surface area contributed by atoms with Crippen LogP contribution in [0.5, 0.6) is 0 Å². The fourth-order valence-electron chi connectivity index (χ4n) is 2.09. The Hall–Kier alpha value is -1.34. The Morgan fingerprint density at radius 2 is 2.22 bits per heavy atom. The third kappa shape index (κ3) is 2.91. The summed E-state index contributed by atoms with van der Waals surface area (Å²) in [5.41, 5.74) is 6.01. The van der Waals surface area contributed by atoms with Crippen LogP contribution in [0.4, 0.5) is 11.5 Å². The zero-order valence-electron chi connectivity index (χ0n) is 10.3. The molecule has 1 aliphatic rings. The van der Waals surface area contributed by atoms with Crippen LogP contribution >= 0.6 is 0 Å². The van der Waals surface area contributed by atoms with Crippen LogP contribution in [0.1, 0.15) is 26.2 Å². The molecule has 7 heteroatoms. The number of nitrogens with zero attached hydrogens (tertiary/aromatic N) is 2. The number of pyridine rings is 1. The molecule has 1 aromatic heterocycles. The fourth-order valence-corrected chi connectivity index (χ4v) is 3.54. The molecule has 1 saturated heterocycles. The van der Waals surface area contributed by atoms with Crippen molar-refractivity contribution < 1.29 is 8.42 Å². The predicted molar refractivity (Wildman–Crippen MR) is 71.2 cm³/mol. The summed E-state index contributed by atoms with van der Waals surface area (Å²) < 4.78 is 28.4. The third-order valence-corrected chi connectivity index (χ3v) is 4.70. The molecular formula is C11H18N4O2S. The first kappa shape index (κ1) is 13.1. The molecule has 1 aliphatic heterocycles. The van der Waals surface area contributed by atoms with Gasteiger partial charge in [0.1, 0.15) is 5.82 Å². The van der Waals surface area contributed by atoms with Gasteiger partial charge >= 0.3 is 10.2 Å². The zero-order valence-corrected chi connectivity index (χ0v) is 11.2. The highest BCUT2D eigenvalue weighted by molar-refractivity contribution is 7.90. The van der Waals surface area contributed by atoms with Crippen LogP contribution in [0.15, 0.2) is 18.3 Å². The lowest BCUT2D eigenvalue weighted by Crippen LogP contribution is -2.44. The number of nitrogen functional groups attached to an aromatic ring is 1. The van der Waals surface area contributed by atoms with Crippen LogP contribution in [0.25, 0.3) is 0 Å². The van der Waals surface area contributed by atoms with Gasteiger partial charge in [-0.3, -0.25) is 4.72 Å². The molecule has 1 unspecified atom stereocenters. The molecule has 2 rings (SSSR count). The lowest BCUT2D eigenvalue weighted by atomic mass is 10.1. The second kappa shape index (κ2) is 5.11. The minimum atomic E-state index is -3.52. The van der Waals surface area contributed by atoms with Gasteiger partial charge in [0, 0.05) is 12.6 Å². The molecule has 1 fully saturated rings. The largest absolute Gasteiger partial charge is 0.397 e. The molecule has 2 heterocycles. The Balaban J connectivity index is 2.13. The van der Waals surface area contributed by atoms with Gasteiger partial charge in [0.15, 0.2) is 0 Å². The van der Waals surface area contributed by atoms with Crippen molar-refractivity contribution in [2.75, 3.05) is 17.0 Å². The van der Waals surface area contributed by atoms with Crippen molar-refractivity contribution in [3.05, 3.63) is 18.3 Å². The van der Waals surface area contributed by atoms with Crippen molar-refractivity contribution in [3.8, 4) is 0 Å². The molecule has 1 aromatic rings. The molecule has 0 amide bonds. The summed E-state index contributed by atoms with van der Waals surface area (Å²) in [6.07, 6.45) is 4.31. The average Bonchev–Trinajstić information content (AvgIpc) is 2.32. The normalized spacial score (nSPS) is 21.7. The van der Waals surface area contributed by atoms with E-state index in [1.807, 2.05) is 6.92 Å². The van der Waals surface area contributed by atoms with Gasteiger partial charge in [-0.05, 0) is 31.9 Å². The molecule has 18 heavy (non-hydrogen) atoms. The van der Waals surface area contributed by atoms with E-state index in [0.29, 0.717) is 18.1 Å². The first-order valence-electron chi connectivity index (χ1n) is 6.00. The number of hydrogen-bond donors (Lipinski definition) is 2. The summed E-state index contributed by atoms with van der Waals surface area (Å²) in [6.45, 7) is 2.49. The predicted octanol–water partition coefficient (Wildman–Crippen LogP) is 1.19. The maximum Gasteiger partial charge on any atom is 0.303 e. The number of piperidine rings is 1. The van der Waals surface area contributed by atoms with Gasteiger partial charge in [-0.25, -0.2) is 4.98 Å². The first-order valence-corrected chi connectivity index (χ1v) is 7.44. The number of nitrogens with one attached hydrogen (secondary N) is 1. The second-order valence-electron chi connectivity index (χ2n) is 4.54. The highest BCUT2D eigenvalue weighted by Crippen LogP contribution is 2.21. The number of rotatable bonds is 3. The topological polar surface area (TPSA) is 88.3 Å². The van der Waals surface area contributed by atoms with E-state index >= 15 is 0 Å². The van der Waals surface area contributed by atoms with Crippen molar-refractivity contribution >= 4 is 21.7 Å². The van der Waals surface area contributed by atoms with Gasteiger partial charge in [0.05, 0.1) is 11.9 Å². The van der Waals surface area contributed by atoms with Crippen LogP contribution in [0, 0.1) is 0 Å². The van der Waals surface area contributed by atoms with Gasteiger partial charge in [-0.2, -0.15) is 12.7 Å². The molecule has 0 saturated carbocycles. The zero-order chi connectivity index (χ0) is 13.2. The van der Waals surface area contributed by atoms with E-state index < -0.39 is 10.2 Å². The highest BCUT2D eigenvalue weighted by atomic mass is 32.2. The van der Waals surface area contributed by atoms with Crippen molar-refractivity contribution in [1.82, 2.24) is 9.29 Å². The number of anilines is 2. The maximum atomic E-state index is 12.2. The van der Waals surface area contributed by atoms with Crippen LogP contribution in [0.2, 0.25) is 0 Å². The lowest BCUT2D eigenvalue weighted by Gasteiger charge is -2.32. The summed E-state index contributed by atoms with van der Waals surface area (Å²) in [5.74, 6) is 0.293. The van der Waals surface area contributed by atoms with Crippen LogP contribution < -0.4 is 10.5 Å².